The van der Waals surface area contributed by atoms with Crippen LogP contribution in [-0.2, 0) is 9.53 Å². The largest absolute Gasteiger partial charge is 0.461 e. The molecule has 0 rings (SSSR count). The zero-order valence-corrected chi connectivity index (χ0v) is 6.54. The SMILES string of the molecule is C=CC(=O)OCC(C#N)CC. The molecular formula is C8H11NO2. The molecule has 0 aliphatic carbocycles. The molecule has 0 aliphatic heterocycles. The first kappa shape index (κ1) is 9.70. The fourth-order valence-electron chi connectivity index (χ4n) is 0.488. The van der Waals surface area contributed by atoms with Gasteiger partial charge in [0.15, 0.2) is 0 Å². The molecule has 0 aromatic carbocycles. The molecular weight excluding hydrogens is 142 g/mol. The van der Waals surface area contributed by atoms with Crippen molar-refractivity contribution in [3.63, 3.8) is 0 Å². The van der Waals surface area contributed by atoms with Gasteiger partial charge < -0.3 is 4.74 Å². The first-order valence-electron chi connectivity index (χ1n) is 3.43. The summed E-state index contributed by atoms with van der Waals surface area (Å²) in [6, 6.07) is 2.02. The summed E-state index contributed by atoms with van der Waals surface area (Å²) >= 11 is 0. The molecule has 0 heterocycles. The zero-order valence-electron chi connectivity index (χ0n) is 6.54. The Balaban J connectivity index is 3.61. The molecule has 1 unspecified atom stereocenters. The Labute approximate surface area is 66.3 Å². The summed E-state index contributed by atoms with van der Waals surface area (Å²) in [5.41, 5.74) is 0. The van der Waals surface area contributed by atoms with Crippen molar-refractivity contribution in [2.24, 2.45) is 5.92 Å². The van der Waals surface area contributed by atoms with Gasteiger partial charge >= 0.3 is 5.97 Å². The molecule has 0 aliphatic rings. The molecule has 0 spiro atoms. The van der Waals surface area contributed by atoms with E-state index in [4.69, 9.17) is 5.26 Å². The maximum absolute atomic E-state index is 10.5. The van der Waals surface area contributed by atoms with E-state index in [9.17, 15) is 4.79 Å². The fraction of sp³-hybridized carbons (Fsp3) is 0.500. The molecule has 1 atom stereocenters. The van der Waals surface area contributed by atoms with Gasteiger partial charge in [-0.1, -0.05) is 13.5 Å². The molecule has 0 saturated heterocycles. The fourth-order valence-corrected chi connectivity index (χ4v) is 0.488. The molecule has 11 heavy (non-hydrogen) atoms. The van der Waals surface area contributed by atoms with Gasteiger partial charge in [0.2, 0.25) is 0 Å². The predicted octanol–water partition coefficient (Wildman–Crippen LogP) is 1.27. The summed E-state index contributed by atoms with van der Waals surface area (Å²) < 4.78 is 4.66. The van der Waals surface area contributed by atoms with Gasteiger partial charge in [0, 0.05) is 6.08 Å². The normalized spacial score (nSPS) is 11.3. The van der Waals surface area contributed by atoms with E-state index >= 15 is 0 Å². The zero-order chi connectivity index (χ0) is 8.69. The van der Waals surface area contributed by atoms with Crippen LogP contribution in [0.25, 0.3) is 0 Å². The molecule has 0 saturated carbocycles. The molecule has 0 fully saturated rings. The van der Waals surface area contributed by atoms with E-state index in [1.807, 2.05) is 13.0 Å². The van der Waals surface area contributed by atoms with Gasteiger partial charge in [-0.15, -0.1) is 0 Å². The van der Waals surface area contributed by atoms with Crippen molar-refractivity contribution >= 4 is 5.97 Å². The van der Waals surface area contributed by atoms with Crippen LogP contribution in [0.2, 0.25) is 0 Å². The molecule has 3 heteroatoms. The number of ether oxygens (including phenoxy) is 1. The standard InChI is InChI=1S/C8H11NO2/c1-3-7(5-9)6-11-8(10)4-2/h4,7H,2-3,6H2,1H3. The summed E-state index contributed by atoms with van der Waals surface area (Å²) in [7, 11) is 0. The monoisotopic (exact) mass is 153 g/mol. The van der Waals surface area contributed by atoms with Crippen LogP contribution in [0, 0.1) is 17.2 Å². The van der Waals surface area contributed by atoms with Crippen LogP contribution in [0.5, 0.6) is 0 Å². The van der Waals surface area contributed by atoms with Crippen LogP contribution < -0.4 is 0 Å². The van der Waals surface area contributed by atoms with Crippen molar-refractivity contribution in [3.8, 4) is 6.07 Å². The average molecular weight is 153 g/mol. The molecule has 0 radical (unpaired) electrons. The molecule has 3 nitrogen and oxygen atoms in total. The van der Waals surface area contributed by atoms with Gasteiger partial charge in [-0.25, -0.2) is 4.79 Å². The Bertz CT molecular complexity index is 181. The Hall–Kier alpha value is -1.30. The maximum Gasteiger partial charge on any atom is 0.330 e. The third-order valence-corrected chi connectivity index (χ3v) is 1.27. The van der Waals surface area contributed by atoms with Gasteiger partial charge in [-0.05, 0) is 6.42 Å². The highest BCUT2D eigenvalue weighted by molar-refractivity contribution is 5.81. The highest BCUT2D eigenvalue weighted by atomic mass is 16.5. The van der Waals surface area contributed by atoms with Crippen molar-refractivity contribution in [3.05, 3.63) is 12.7 Å². The first-order valence-corrected chi connectivity index (χ1v) is 3.43. The van der Waals surface area contributed by atoms with Gasteiger partial charge in [-0.2, -0.15) is 5.26 Å². The highest BCUT2D eigenvalue weighted by Crippen LogP contribution is 2.00. The van der Waals surface area contributed by atoms with Crippen LogP contribution in [-0.4, -0.2) is 12.6 Å². The molecule has 0 bridgehead atoms. The number of nitriles is 1. The van der Waals surface area contributed by atoms with E-state index in [1.165, 1.54) is 0 Å². The van der Waals surface area contributed by atoms with Crippen LogP contribution >= 0.6 is 0 Å². The minimum Gasteiger partial charge on any atom is -0.461 e. The van der Waals surface area contributed by atoms with Crippen molar-refractivity contribution in [1.29, 1.82) is 5.26 Å². The Morgan fingerprint density at radius 1 is 1.91 bits per heavy atom. The van der Waals surface area contributed by atoms with E-state index in [-0.39, 0.29) is 12.5 Å². The summed E-state index contributed by atoms with van der Waals surface area (Å²) in [5, 5.41) is 8.44. The van der Waals surface area contributed by atoms with Crippen molar-refractivity contribution in [2.75, 3.05) is 6.61 Å². The predicted molar refractivity (Wildman–Crippen MR) is 40.6 cm³/mol. The minimum atomic E-state index is -0.473. The molecule has 0 N–H and O–H groups in total. The Morgan fingerprint density at radius 2 is 2.55 bits per heavy atom. The number of hydrogen-bond donors (Lipinski definition) is 0. The highest BCUT2D eigenvalue weighted by Gasteiger charge is 2.05. The summed E-state index contributed by atoms with van der Waals surface area (Å²) in [6.07, 6.45) is 1.78. The number of rotatable bonds is 4. The quantitative estimate of drug-likeness (QED) is 0.451. The summed E-state index contributed by atoms with van der Waals surface area (Å²) in [6.45, 7) is 5.27. The van der Waals surface area contributed by atoms with Crippen LogP contribution in [0.4, 0.5) is 0 Å². The Kier molecular flexibility index (Phi) is 4.83. The maximum atomic E-state index is 10.5. The van der Waals surface area contributed by atoms with Crippen molar-refractivity contribution in [1.82, 2.24) is 0 Å². The third kappa shape index (κ3) is 4.15. The van der Waals surface area contributed by atoms with Gasteiger partial charge in [-0.3, -0.25) is 0 Å². The van der Waals surface area contributed by atoms with E-state index in [1.54, 1.807) is 0 Å². The lowest BCUT2D eigenvalue weighted by molar-refractivity contribution is -0.138. The second kappa shape index (κ2) is 5.48. The number of hydrogen-bond acceptors (Lipinski definition) is 3. The lowest BCUT2D eigenvalue weighted by Crippen LogP contribution is -2.10. The molecule has 0 amide bonds. The van der Waals surface area contributed by atoms with E-state index in [0.29, 0.717) is 6.42 Å². The van der Waals surface area contributed by atoms with Gasteiger partial charge in [0.05, 0.1) is 12.0 Å². The lowest BCUT2D eigenvalue weighted by Gasteiger charge is -2.04. The van der Waals surface area contributed by atoms with Crippen molar-refractivity contribution < 1.29 is 9.53 Å². The lowest BCUT2D eigenvalue weighted by atomic mass is 10.1. The second-order valence-corrected chi connectivity index (χ2v) is 2.07. The van der Waals surface area contributed by atoms with Gasteiger partial charge in [0.1, 0.15) is 6.61 Å². The number of carbonyl (C=O) groups excluding carboxylic acids is 1. The van der Waals surface area contributed by atoms with E-state index < -0.39 is 5.97 Å². The number of esters is 1. The Morgan fingerprint density at radius 3 is 2.91 bits per heavy atom. The van der Waals surface area contributed by atoms with Crippen LogP contribution in [0.3, 0.4) is 0 Å². The second-order valence-electron chi connectivity index (χ2n) is 2.07. The first-order chi connectivity index (χ1) is 5.24. The van der Waals surface area contributed by atoms with Gasteiger partial charge in [0.25, 0.3) is 0 Å². The molecule has 0 aromatic heterocycles. The smallest absolute Gasteiger partial charge is 0.330 e. The van der Waals surface area contributed by atoms with E-state index in [2.05, 4.69) is 11.3 Å². The third-order valence-electron chi connectivity index (χ3n) is 1.27. The van der Waals surface area contributed by atoms with Crippen LogP contribution in [0.1, 0.15) is 13.3 Å². The van der Waals surface area contributed by atoms with Crippen LogP contribution in [0.15, 0.2) is 12.7 Å². The minimum absolute atomic E-state index is 0.165. The summed E-state index contributed by atoms with van der Waals surface area (Å²) in [4.78, 5) is 10.5. The summed E-state index contributed by atoms with van der Waals surface area (Å²) in [5.74, 6) is -0.669. The number of nitrogens with zero attached hydrogens (tertiary/aromatic N) is 1. The number of carbonyl (C=O) groups is 1. The molecule has 0 aromatic rings. The average Bonchev–Trinajstić information content (AvgIpc) is 2.06. The van der Waals surface area contributed by atoms with E-state index in [0.717, 1.165) is 6.08 Å². The molecule has 60 valence electrons. The topological polar surface area (TPSA) is 50.1 Å². The van der Waals surface area contributed by atoms with Crippen molar-refractivity contribution in [2.45, 2.75) is 13.3 Å².